The molecular formula is C18H21NO. The second-order valence-corrected chi connectivity index (χ2v) is 5.65. The first kappa shape index (κ1) is 13.2. The van der Waals surface area contributed by atoms with E-state index in [0.29, 0.717) is 6.42 Å². The molecule has 0 amide bonds. The molecule has 3 rings (SSSR count). The molecule has 1 unspecified atom stereocenters. The summed E-state index contributed by atoms with van der Waals surface area (Å²) in [5.74, 6) is 0. The molecule has 2 heteroatoms. The highest BCUT2D eigenvalue weighted by molar-refractivity contribution is 5.62. The van der Waals surface area contributed by atoms with E-state index in [4.69, 9.17) is 0 Å². The predicted octanol–water partition coefficient (Wildman–Crippen LogP) is 3.55. The third-order valence-electron chi connectivity index (χ3n) is 4.28. The number of hydrogen-bond acceptors (Lipinski definition) is 2. The molecule has 1 heterocycles. The fourth-order valence-electron chi connectivity index (χ4n) is 3.12. The van der Waals surface area contributed by atoms with Gasteiger partial charge in [-0.25, -0.2) is 0 Å². The molecule has 0 spiro atoms. The van der Waals surface area contributed by atoms with Crippen molar-refractivity contribution in [2.24, 2.45) is 0 Å². The number of anilines is 1. The first-order chi connectivity index (χ1) is 9.66. The summed E-state index contributed by atoms with van der Waals surface area (Å²) < 4.78 is 0. The number of benzene rings is 2. The fraction of sp³-hybridized carbons (Fsp3) is 0.333. The van der Waals surface area contributed by atoms with Gasteiger partial charge in [-0.15, -0.1) is 0 Å². The topological polar surface area (TPSA) is 32.3 Å². The van der Waals surface area contributed by atoms with E-state index in [1.165, 1.54) is 22.3 Å². The van der Waals surface area contributed by atoms with Crippen LogP contribution >= 0.6 is 0 Å². The average molecular weight is 267 g/mol. The van der Waals surface area contributed by atoms with Crippen LogP contribution in [0.5, 0.6) is 0 Å². The smallest absolute Gasteiger partial charge is 0.0850 e. The molecular weight excluding hydrogens is 246 g/mol. The third kappa shape index (κ3) is 2.32. The van der Waals surface area contributed by atoms with Crippen LogP contribution in [0.4, 0.5) is 5.69 Å². The van der Waals surface area contributed by atoms with E-state index in [0.717, 1.165) is 24.2 Å². The lowest BCUT2D eigenvalue weighted by atomic mass is 9.93. The molecule has 0 aliphatic carbocycles. The van der Waals surface area contributed by atoms with Crippen molar-refractivity contribution in [3.8, 4) is 0 Å². The third-order valence-corrected chi connectivity index (χ3v) is 4.28. The molecule has 0 saturated carbocycles. The number of hydrogen-bond donors (Lipinski definition) is 2. The number of aliphatic hydroxyl groups is 1. The van der Waals surface area contributed by atoms with E-state index in [1.54, 1.807) is 0 Å². The Balaban J connectivity index is 1.91. The number of rotatable bonds is 3. The molecule has 0 bridgehead atoms. The Morgan fingerprint density at radius 1 is 1.10 bits per heavy atom. The summed E-state index contributed by atoms with van der Waals surface area (Å²) >= 11 is 0. The van der Waals surface area contributed by atoms with Gasteiger partial charge in [0.1, 0.15) is 0 Å². The largest absolute Gasteiger partial charge is 0.388 e. The van der Waals surface area contributed by atoms with Crippen LogP contribution in [-0.2, 0) is 12.8 Å². The van der Waals surface area contributed by atoms with Gasteiger partial charge < -0.3 is 10.4 Å². The standard InChI is InChI=1S/C18H21NO/c1-12-5-3-6-13(2)16(12)11-17(20)15-8-4-7-14-9-10-19-18(14)15/h3-8,17,19-20H,9-11H2,1-2H3. The van der Waals surface area contributed by atoms with Crippen molar-refractivity contribution in [3.63, 3.8) is 0 Å². The zero-order valence-electron chi connectivity index (χ0n) is 12.1. The van der Waals surface area contributed by atoms with Crippen LogP contribution < -0.4 is 5.32 Å². The number of fused-ring (bicyclic) bond motifs is 1. The van der Waals surface area contributed by atoms with Gasteiger partial charge in [0.05, 0.1) is 6.10 Å². The average Bonchev–Trinajstić information content (AvgIpc) is 2.91. The lowest BCUT2D eigenvalue weighted by Gasteiger charge is -2.18. The zero-order chi connectivity index (χ0) is 14.1. The lowest BCUT2D eigenvalue weighted by molar-refractivity contribution is 0.179. The van der Waals surface area contributed by atoms with Crippen molar-refractivity contribution < 1.29 is 5.11 Å². The maximum atomic E-state index is 10.6. The Morgan fingerprint density at radius 3 is 2.55 bits per heavy atom. The first-order valence-electron chi connectivity index (χ1n) is 7.25. The van der Waals surface area contributed by atoms with Crippen molar-refractivity contribution in [1.29, 1.82) is 0 Å². The highest BCUT2D eigenvalue weighted by atomic mass is 16.3. The quantitative estimate of drug-likeness (QED) is 0.891. The molecule has 0 aromatic heterocycles. The van der Waals surface area contributed by atoms with Crippen molar-refractivity contribution in [3.05, 3.63) is 64.2 Å². The molecule has 0 fully saturated rings. The maximum Gasteiger partial charge on any atom is 0.0850 e. The van der Waals surface area contributed by atoms with Crippen molar-refractivity contribution in [2.45, 2.75) is 32.8 Å². The molecule has 1 aliphatic heterocycles. The molecule has 2 N–H and O–H groups in total. The number of aryl methyl sites for hydroxylation is 2. The van der Waals surface area contributed by atoms with Crippen molar-refractivity contribution in [2.75, 3.05) is 11.9 Å². The van der Waals surface area contributed by atoms with Crippen molar-refractivity contribution >= 4 is 5.69 Å². The summed E-state index contributed by atoms with van der Waals surface area (Å²) in [5.41, 5.74) is 7.27. The van der Waals surface area contributed by atoms with E-state index in [1.807, 2.05) is 6.07 Å². The Kier molecular flexibility index (Phi) is 3.49. The van der Waals surface area contributed by atoms with E-state index in [-0.39, 0.29) is 0 Å². The fourth-order valence-corrected chi connectivity index (χ4v) is 3.12. The van der Waals surface area contributed by atoms with Crippen LogP contribution in [0.2, 0.25) is 0 Å². The van der Waals surface area contributed by atoms with Gasteiger partial charge in [0.2, 0.25) is 0 Å². The summed E-state index contributed by atoms with van der Waals surface area (Å²) in [6, 6.07) is 12.5. The maximum absolute atomic E-state index is 10.6. The molecule has 0 saturated heterocycles. The second-order valence-electron chi connectivity index (χ2n) is 5.65. The summed E-state index contributed by atoms with van der Waals surface area (Å²) in [6.07, 6.45) is 1.28. The van der Waals surface area contributed by atoms with Gasteiger partial charge in [0.15, 0.2) is 0 Å². The molecule has 20 heavy (non-hydrogen) atoms. The molecule has 0 radical (unpaired) electrons. The molecule has 104 valence electrons. The summed E-state index contributed by atoms with van der Waals surface area (Å²) in [5, 5.41) is 14.1. The van der Waals surface area contributed by atoms with Gasteiger partial charge in [0.25, 0.3) is 0 Å². The van der Waals surface area contributed by atoms with E-state index >= 15 is 0 Å². The summed E-state index contributed by atoms with van der Waals surface area (Å²) in [4.78, 5) is 0. The highest BCUT2D eigenvalue weighted by Gasteiger charge is 2.20. The van der Waals surface area contributed by atoms with E-state index in [2.05, 4.69) is 49.5 Å². The predicted molar refractivity (Wildman–Crippen MR) is 83.2 cm³/mol. The Morgan fingerprint density at radius 2 is 1.80 bits per heavy atom. The minimum atomic E-state index is -0.449. The van der Waals surface area contributed by atoms with Crippen molar-refractivity contribution in [1.82, 2.24) is 0 Å². The normalized spacial score (nSPS) is 14.8. The number of para-hydroxylation sites is 1. The monoisotopic (exact) mass is 267 g/mol. The van der Waals surface area contributed by atoms with Crippen LogP contribution in [0.15, 0.2) is 36.4 Å². The van der Waals surface area contributed by atoms with Gasteiger partial charge in [-0.2, -0.15) is 0 Å². The van der Waals surface area contributed by atoms with Crippen LogP contribution in [0, 0.1) is 13.8 Å². The Labute approximate surface area is 120 Å². The molecule has 1 aliphatic rings. The minimum Gasteiger partial charge on any atom is -0.388 e. The van der Waals surface area contributed by atoms with Gasteiger partial charge in [-0.05, 0) is 42.5 Å². The zero-order valence-corrected chi connectivity index (χ0v) is 12.1. The molecule has 2 nitrogen and oxygen atoms in total. The highest BCUT2D eigenvalue weighted by Crippen LogP contribution is 2.33. The van der Waals surface area contributed by atoms with Gasteiger partial charge in [-0.3, -0.25) is 0 Å². The van der Waals surface area contributed by atoms with Gasteiger partial charge in [0, 0.05) is 24.2 Å². The van der Waals surface area contributed by atoms with Crippen LogP contribution in [0.25, 0.3) is 0 Å². The van der Waals surface area contributed by atoms with Crippen LogP contribution in [0.3, 0.4) is 0 Å². The lowest BCUT2D eigenvalue weighted by Crippen LogP contribution is -2.07. The molecule has 2 aromatic rings. The number of nitrogens with one attached hydrogen (secondary N) is 1. The summed E-state index contributed by atoms with van der Waals surface area (Å²) in [7, 11) is 0. The Hall–Kier alpha value is -1.80. The van der Waals surface area contributed by atoms with Crippen LogP contribution in [-0.4, -0.2) is 11.7 Å². The Bertz CT molecular complexity index is 613. The van der Waals surface area contributed by atoms with Gasteiger partial charge >= 0.3 is 0 Å². The molecule has 2 aromatic carbocycles. The number of aliphatic hydroxyl groups excluding tert-OH is 1. The summed E-state index contributed by atoms with van der Waals surface area (Å²) in [6.45, 7) is 5.20. The minimum absolute atomic E-state index is 0.449. The second kappa shape index (κ2) is 5.29. The van der Waals surface area contributed by atoms with E-state index < -0.39 is 6.10 Å². The SMILES string of the molecule is Cc1cccc(C)c1CC(O)c1cccc2c1NCC2. The van der Waals surface area contributed by atoms with Crippen LogP contribution in [0.1, 0.15) is 33.9 Å². The molecule has 1 atom stereocenters. The first-order valence-corrected chi connectivity index (χ1v) is 7.25. The van der Waals surface area contributed by atoms with E-state index in [9.17, 15) is 5.11 Å². The van der Waals surface area contributed by atoms with Gasteiger partial charge in [-0.1, -0.05) is 36.4 Å².